The number of aromatic amines is 1. The Kier molecular flexibility index (Phi) is 33.7. The van der Waals surface area contributed by atoms with Gasteiger partial charge in [-0.25, -0.2) is 8.91 Å². The third-order valence-corrected chi connectivity index (χ3v) is 17.9. The first kappa shape index (κ1) is 88.4. The van der Waals surface area contributed by atoms with Crippen LogP contribution in [-0.4, -0.2) is 225 Å². The zero-order valence-electron chi connectivity index (χ0n) is 63.3. The number of aromatic nitrogens is 4. The molecule has 0 radical (unpaired) electrons. The number of nitrogens with zero attached hydrogens (tertiary/aromatic N) is 3. The Balaban J connectivity index is 1.17. The second-order valence-electron chi connectivity index (χ2n) is 28.2. The summed E-state index contributed by atoms with van der Waals surface area (Å²) in [5, 5.41) is 54.3. The van der Waals surface area contributed by atoms with Gasteiger partial charge in [-0.3, -0.25) is 57.5 Å². The van der Waals surface area contributed by atoms with Crippen LogP contribution in [-0.2, 0) is 68.7 Å². The number of nitrogens with two attached hydrogens (primary N) is 5. The minimum atomic E-state index is -1.86. The molecule has 6 rings (SSSR count). The number of benzene rings is 2. The van der Waals surface area contributed by atoms with Crippen LogP contribution in [0.5, 0.6) is 17.4 Å². The van der Waals surface area contributed by atoms with E-state index in [0.717, 1.165) is 12.6 Å². The molecule has 1 saturated heterocycles. The summed E-state index contributed by atoms with van der Waals surface area (Å²) in [5.74, 6) is -12.1. The maximum Gasteiger partial charge on any atom is 0.312 e. The van der Waals surface area contributed by atoms with Gasteiger partial charge in [-0.05, 0) is 156 Å². The number of carbonyl (C=O) groups is 12. The molecule has 3 aromatic heterocycles. The van der Waals surface area contributed by atoms with Crippen molar-refractivity contribution in [2.45, 2.75) is 199 Å². The summed E-state index contributed by atoms with van der Waals surface area (Å²) in [5.41, 5.74) is 30.9. The van der Waals surface area contributed by atoms with E-state index >= 15 is 4.39 Å². The monoisotopic (exact) mass is 1540 g/mol. The number of aliphatic hydroxyl groups excluding tert-OH is 2. The molecule has 13 atom stereocenters. The Hall–Kier alpha value is -10.5. The molecule has 11 amide bonds. The van der Waals surface area contributed by atoms with Crippen LogP contribution in [0.25, 0.3) is 16.4 Å². The zero-order chi connectivity index (χ0) is 81.3. The summed E-state index contributed by atoms with van der Waals surface area (Å²) in [4.78, 5) is 178. The highest BCUT2D eigenvalue weighted by atomic mass is 19.1. The molecule has 0 saturated carbocycles. The van der Waals surface area contributed by atoms with Gasteiger partial charge in [0.2, 0.25) is 70.9 Å². The number of aryl methyl sites for hydroxylation is 2. The van der Waals surface area contributed by atoms with Crippen molar-refractivity contribution in [2.75, 3.05) is 45.9 Å². The van der Waals surface area contributed by atoms with E-state index in [-0.39, 0.29) is 102 Å². The highest BCUT2D eigenvalue weighted by Gasteiger charge is 2.40. The fourth-order valence-corrected chi connectivity index (χ4v) is 12.0. The van der Waals surface area contributed by atoms with Gasteiger partial charge in [-0.2, -0.15) is 10.1 Å². The molecule has 4 heterocycles. The molecule has 0 spiro atoms. The molecule has 2 aromatic carbocycles. The lowest BCUT2D eigenvalue weighted by molar-refractivity contribution is -0.162. The summed E-state index contributed by atoms with van der Waals surface area (Å²) in [6.45, 7) is 12.0. The number of rotatable bonds is 32. The normalized spacial score (nSPS) is 20.5. The number of aliphatic hydroxyl groups is 2. The molecule has 0 bridgehead atoms. The predicted octanol–water partition coefficient (Wildman–Crippen LogP) is -3.35. The summed E-state index contributed by atoms with van der Waals surface area (Å²) < 4.78 is 34.7. The average molecular weight is 1540 g/mol. The molecular formula is C72H107FN20O17. The van der Waals surface area contributed by atoms with Crippen LogP contribution in [0.2, 0.25) is 0 Å². The maximum atomic E-state index is 15.5. The van der Waals surface area contributed by atoms with Crippen molar-refractivity contribution in [2.24, 2.45) is 40.0 Å². The number of hydrogen-bond donors (Lipinski definition) is 19. The molecular weight excluding hydrogens is 1440 g/mol. The van der Waals surface area contributed by atoms with Gasteiger partial charge in [0, 0.05) is 41.5 Å². The van der Waals surface area contributed by atoms with Gasteiger partial charge in [0.05, 0.1) is 23.8 Å². The van der Waals surface area contributed by atoms with E-state index < -0.39 is 180 Å². The van der Waals surface area contributed by atoms with Gasteiger partial charge >= 0.3 is 5.97 Å². The Bertz CT molecular complexity index is 4030. The minimum Gasteiger partial charge on any atom is -0.488 e. The molecule has 110 heavy (non-hydrogen) atoms. The van der Waals surface area contributed by atoms with E-state index in [1.54, 1.807) is 83.3 Å². The van der Waals surface area contributed by atoms with Gasteiger partial charge < -0.3 is 117 Å². The first-order valence-corrected chi connectivity index (χ1v) is 36.5. The third kappa shape index (κ3) is 25.3. The number of halogens is 1. The zero-order valence-corrected chi connectivity index (χ0v) is 63.3. The maximum absolute atomic E-state index is 15.5. The van der Waals surface area contributed by atoms with Gasteiger partial charge in [-0.15, -0.1) is 0 Å². The van der Waals surface area contributed by atoms with Crippen molar-refractivity contribution in [3.8, 4) is 17.4 Å². The van der Waals surface area contributed by atoms with Crippen molar-refractivity contribution >= 4 is 87.4 Å². The second-order valence-corrected chi connectivity index (χ2v) is 28.2. The molecule has 37 nitrogen and oxygen atoms in total. The van der Waals surface area contributed by atoms with E-state index in [4.69, 9.17) is 42.9 Å². The van der Waals surface area contributed by atoms with Crippen molar-refractivity contribution in [3.63, 3.8) is 0 Å². The van der Waals surface area contributed by atoms with E-state index in [1.165, 1.54) is 37.7 Å². The standard InChI is InChI=1S/C72H107FN20O17/c1-36(2)29-51-66(103)86-46(18-24-75)60(97)85-49(21-27-78)65(102)91-57(40(6)94)68(105)79-28-22-50(63(100)84-47(19-25-76)62(99)90-52(67(104)89-51)31-42-13-11-10-12-14-42)87-61(98)48(20-26-77)88-69(106)58(41(7)95)92-64(101)45(17-23-74)83-55(96)32-72(8,9)71(107)109-38(4)34-108-54-33-93-59(39(54)5)70(80-35-81-93)110-53-16-15-44-43(56(53)73)30-37(3)82-44/h10-16,30,33,35-36,38,40-41,45-52,57-58,82,94-95H,17-29,31-32,34,74-78H2,1-9H3,(H,79,105)(H,83,96)(H,84,100)(H,85,97)(H,86,103)(H,87,98)(H,88,106)(H,89,104)(H,90,99)(H,91,102)(H,92,101)/t38-,40-,41-,45+,46+,47+,48+,49+,50+,51+,52-,57+,58+/m1/s1. The highest BCUT2D eigenvalue weighted by Crippen LogP contribution is 2.35. The fraction of sp³-hybridized carbons (Fsp3) is 0.556. The Morgan fingerprint density at radius 1 is 0.673 bits per heavy atom. The van der Waals surface area contributed by atoms with Crippen LogP contribution in [0.15, 0.2) is 61.1 Å². The first-order chi connectivity index (χ1) is 52.1. The number of nitrogens with one attached hydrogen (secondary N) is 12. The van der Waals surface area contributed by atoms with E-state index in [1.807, 2.05) is 0 Å². The van der Waals surface area contributed by atoms with Crippen molar-refractivity contribution in [1.82, 2.24) is 78.1 Å². The third-order valence-electron chi connectivity index (χ3n) is 17.9. The first-order valence-electron chi connectivity index (χ1n) is 36.5. The van der Waals surface area contributed by atoms with Gasteiger partial charge in [0.1, 0.15) is 90.7 Å². The lowest BCUT2D eigenvalue weighted by Crippen LogP contribution is -2.62. The van der Waals surface area contributed by atoms with Crippen LogP contribution >= 0.6 is 0 Å². The molecule has 1 aliphatic heterocycles. The molecule has 5 aromatic rings. The predicted molar refractivity (Wildman–Crippen MR) is 398 cm³/mol. The number of carbonyl (C=O) groups excluding carboxylic acids is 12. The Morgan fingerprint density at radius 2 is 1.24 bits per heavy atom. The van der Waals surface area contributed by atoms with Crippen LogP contribution in [0.4, 0.5) is 4.39 Å². The quantitative estimate of drug-likeness (QED) is 0.0187. The molecule has 24 N–H and O–H groups in total. The van der Waals surface area contributed by atoms with Crippen molar-refractivity contribution < 1.29 is 86.3 Å². The number of hydrogen-bond acceptors (Lipinski definition) is 24. The summed E-state index contributed by atoms with van der Waals surface area (Å²) in [6.07, 6.45) is -3.86. The molecule has 1 aliphatic rings. The van der Waals surface area contributed by atoms with E-state index in [0.29, 0.717) is 33.3 Å². The van der Waals surface area contributed by atoms with Crippen molar-refractivity contribution in [3.05, 3.63) is 83.7 Å². The summed E-state index contributed by atoms with van der Waals surface area (Å²) in [7, 11) is 0. The summed E-state index contributed by atoms with van der Waals surface area (Å²) >= 11 is 0. The van der Waals surface area contributed by atoms with Crippen LogP contribution < -0.4 is 96.6 Å². The van der Waals surface area contributed by atoms with Gasteiger partial charge in [0.15, 0.2) is 11.6 Å². The Labute approximate surface area is 635 Å². The smallest absolute Gasteiger partial charge is 0.312 e. The lowest BCUT2D eigenvalue weighted by atomic mass is 9.89. The minimum absolute atomic E-state index is 0.0165. The largest absolute Gasteiger partial charge is 0.488 e. The summed E-state index contributed by atoms with van der Waals surface area (Å²) in [6, 6.07) is -2.38. The Morgan fingerprint density at radius 3 is 1.82 bits per heavy atom. The number of H-pyrrole nitrogens is 1. The van der Waals surface area contributed by atoms with Crippen LogP contribution in [0.1, 0.15) is 117 Å². The van der Waals surface area contributed by atoms with Crippen LogP contribution in [0, 0.1) is 31.0 Å². The fourth-order valence-electron chi connectivity index (χ4n) is 12.0. The number of esters is 1. The molecule has 0 aliphatic carbocycles. The number of fused-ring (bicyclic) bond motifs is 2. The average Bonchev–Trinajstić information content (AvgIpc) is 1.63. The van der Waals surface area contributed by atoms with E-state index in [2.05, 4.69) is 73.6 Å². The van der Waals surface area contributed by atoms with Crippen LogP contribution in [0.3, 0.4) is 0 Å². The van der Waals surface area contributed by atoms with E-state index in [9.17, 15) is 67.7 Å². The van der Waals surface area contributed by atoms with Crippen molar-refractivity contribution in [1.29, 1.82) is 0 Å². The molecule has 38 heteroatoms. The number of ether oxygens (including phenoxy) is 3. The molecule has 604 valence electrons. The lowest BCUT2D eigenvalue weighted by Gasteiger charge is -2.29. The second kappa shape index (κ2) is 41.9. The van der Waals surface area contributed by atoms with Gasteiger partial charge in [-0.1, -0.05) is 44.2 Å². The SMILES string of the molecule is Cc1cc2c(F)c(Oc3ncnn4cc(OC[C@@H](C)OC(=O)C(C)(C)CC(=O)N[C@@H](CCN)C(=O)N[C@H](C(=O)N[C@@H](CCN)C(=O)N[C@H]5CCNC(=O)[C@H]([C@@H](C)O)NC(=O)[C@H](CCN)NC(=O)[C@H](CCN)NC(=O)[C@H](CC(C)C)NC(=O)[C@@H](Cc6ccccc6)NC(=O)[C@H](CCN)NC5=O)[C@@H](C)O)c(C)c34)ccc2[nH]1. The van der Waals surface area contributed by atoms with Gasteiger partial charge in [0.25, 0.3) is 0 Å². The molecule has 1 fully saturated rings. The molecule has 0 unspecified atom stereocenters. The topological polar surface area (TPSA) is 581 Å². The number of amides is 11. The highest BCUT2D eigenvalue weighted by molar-refractivity contribution is 6.00.